The minimum absolute atomic E-state index is 0.0505. The zero-order chi connectivity index (χ0) is 25.3. The van der Waals surface area contributed by atoms with Crippen LogP contribution in [0.2, 0.25) is 5.02 Å². The van der Waals surface area contributed by atoms with Crippen LogP contribution in [0.4, 0.5) is 5.69 Å². The molecular formula is C29H31ClN2O4. The number of hydrogen-bond donors (Lipinski definition) is 0. The Balaban J connectivity index is 1.43. The zero-order valence-electron chi connectivity index (χ0n) is 20.5. The first-order valence-electron chi connectivity index (χ1n) is 12.3. The zero-order valence-corrected chi connectivity index (χ0v) is 21.2. The molecule has 0 fully saturated rings. The van der Waals surface area contributed by atoms with Gasteiger partial charge in [0.25, 0.3) is 5.91 Å². The number of halogens is 1. The van der Waals surface area contributed by atoms with Gasteiger partial charge in [-0.3, -0.25) is 14.5 Å². The molecule has 1 aliphatic rings. The van der Waals surface area contributed by atoms with Gasteiger partial charge in [0, 0.05) is 25.4 Å². The first-order valence-corrected chi connectivity index (χ1v) is 12.7. The van der Waals surface area contributed by atoms with Gasteiger partial charge in [-0.05, 0) is 48.2 Å². The lowest BCUT2D eigenvalue weighted by Gasteiger charge is -2.23. The maximum Gasteiger partial charge on any atom is 0.260 e. The Morgan fingerprint density at radius 3 is 2.53 bits per heavy atom. The number of nitrogens with zero attached hydrogens (tertiary/aromatic N) is 2. The SMILES string of the molecule is CCCOc1ccc(C(=O)N2CC(=O)N(CCCOCc3ccccc3)Cc3ccccc32)c(Cl)c1. The highest BCUT2D eigenvalue weighted by atomic mass is 35.5. The van der Waals surface area contributed by atoms with E-state index in [-0.39, 0.29) is 18.4 Å². The second kappa shape index (κ2) is 12.6. The van der Waals surface area contributed by atoms with Crippen molar-refractivity contribution < 1.29 is 19.1 Å². The molecule has 0 aromatic heterocycles. The Morgan fingerprint density at radius 2 is 1.75 bits per heavy atom. The molecule has 188 valence electrons. The molecule has 0 saturated heterocycles. The van der Waals surface area contributed by atoms with Crippen LogP contribution in [0, 0.1) is 0 Å². The molecule has 0 atom stereocenters. The first kappa shape index (κ1) is 25.7. The standard InChI is InChI=1S/C29H31ClN2O4/c1-2-16-36-24-13-14-25(26(30)18-24)29(34)32-20-28(33)31(19-23-11-6-7-12-27(23)32)15-8-17-35-21-22-9-4-3-5-10-22/h3-7,9-14,18H,2,8,15-17,19-21H2,1H3. The van der Waals surface area contributed by atoms with Crippen LogP contribution in [-0.2, 0) is 22.7 Å². The van der Waals surface area contributed by atoms with E-state index in [1.807, 2.05) is 61.5 Å². The van der Waals surface area contributed by atoms with E-state index < -0.39 is 0 Å². The molecule has 4 rings (SSSR count). The van der Waals surface area contributed by atoms with Crippen molar-refractivity contribution in [2.75, 3.05) is 31.2 Å². The Kier molecular flexibility index (Phi) is 8.98. The smallest absolute Gasteiger partial charge is 0.260 e. The second-order valence-electron chi connectivity index (χ2n) is 8.72. The monoisotopic (exact) mass is 506 g/mol. The third-order valence-corrected chi connectivity index (χ3v) is 6.32. The van der Waals surface area contributed by atoms with Gasteiger partial charge < -0.3 is 14.4 Å². The molecule has 2 amide bonds. The van der Waals surface area contributed by atoms with Crippen LogP contribution in [-0.4, -0.2) is 43.0 Å². The van der Waals surface area contributed by atoms with E-state index >= 15 is 0 Å². The molecule has 0 spiro atoms. The fourth-order valence-electron chi connectivity index (χ4n) is 4.15. The van der Waals surface area contributed by atoms with Gasteiger partial charge in [-0.25, -0.2) is 0 Å². The summed E-state index contributed by atoms with van der Waals surface area (Å²) in [5, 5.41) is 0.301. The van der Waals surface area contributed by atoms with Gasteiger partial charge in [-0.15, -0.1) is 0 Å². The van der Waals surface area contributed by atoms with Crippen molar-refractivity contribution in [3.05, 3.63) is 94.5 Å². The van der Waals surface area contributed by atoms with E-state index in [1.54, 1.807) is 23.1 Å². The third kappa shape index (κ3) is 6.45. The van der Waals surface area contributed by atoms with Crippen molar-refractivity contribution in [3.8, 4) is 5.75 Å². The third-order valence-electron chi connectivity index (χ3n) is 6.01. The average molecular weight is 507 g/mol. The number of amides is 2. The lowest BCUT2D eigenvalue weighted by Crippen LogP contribution is -2.40. The van der Waals surface area contributed by atoms with Crippen molar-refractivity contribution >= 4 is 29.1 Å². The van der Waals surface area contributed by atoms with Gasteiger partial charge >= 0.3 is 0 Å². The van der Waals surface area contributed by atoms with E-state index in [4.69, 9.17) is 21.1 Å². The highest BCUT2D eigenvalue weighted by Gasteiger charge is 2.30. The molecule has 36 heavy (non-hydrogen) atoms. The van der Waals surface area contributed by atoms with E-state index in [9.17, 15) is 9.59 Å². The summed E-state index contributed by atoms with van der Waals surface area (Å²) in [6.07, 6.45) is 1.58. The average Bonchev–Trinajstić information content (AvgIpc) is 3.04. The fraction of sp³-hybridized carbons (Fsp3) is 0.310. The molecule has 0 saturated carbocycles. The minimum Gasteiger partial charge on any atom is -0.494 e. The number of rotatable bonds is 10. The van der Waals surface area contributed by atoms with Gasteiger partial charge in [0.2, 0.25) is 5.91 Å². The predicted octanol–water partition coefficient (Wildman–Crippen LogP) is 5.72. The molecule has 7 heteroatoms. The van der Waals surface area contributed by atoms with Crippen LogP contribution in [0.3, 0.4) is 0 Å². The Hall–Kier alpha value is -3.35. The van der Waals surface area contributed by atoms with E-state index in [0.29, 0.717) is 55.7 Å². The molecule has 3 aromatic rings. The Morgan fingerprint density at radius 1 is 0.972 bits per heavy atom. The summed E-state index contributed by atoms with van der Waals surface area (Å²) >= 11 is 6.46. The molecule has 0 unspecified atom stereocenters. The molecule has 1 heterocycles. The number of carbonyl (C=O) groups is 2. The van der Waals surface area contributed by atoms with Crippen molar-refractivity contribution in [1.29, 1.82) is 0 Å². The summed E-state index contributed by atoms with van der Waals surface area (Å²) in [7, 11) is 0. The quantitative estimate of drug-likeness (QED) is 0.330. The van der Waals surface area contributed by atoms with Crippen LogP contribution in [0.5, 0.6) is 5.75 Å². The van der Waals surface area contributed by atoms with Crippen molar-refractivity contribution in [1.82, 2.24) is 4.90 Å². The number of anilines is 1. The molecule has 0 bridgehead atoms. The molecule has 0 aliphatic carbocycles. The lowest BCUT2D eigenvalue weighted by molar-refractivity contribution is -0.130. The van der Waals surface area contributed by atoms with Gasteiger partial charge in [0.1, 0.15) is 12.3 Å². The molecule has 1 aliphatic heterocycles. The van der Waals surface area contributed by atoms with E-state index in [2.05, 4.69) is 0 Å². The van der Waals surface area contributed by atoms with Crippen LogP contribution >= 0.6 is 11.6 Å². The molecule has 6 nitrogen and oxygen atoms in total. The summed E-state index contributed by atoms with van der Waals surface area (Å²) in [6.45, 7) is 4.63. The summed E-state index contributed by atoms with van der Waals surface area (Å²) in [4.78, 5) is 30.1. The van der Waals surface area contributed by atoms with Gasteiger partial charge in [0.05, 0.1) is 23.8 Å². The van der Waals surface area contributed by atoms with E-state index in [0.717, 1.165) is 23.2 Å². The highest BCUT2D eigenvalue weighted by Crippen LogP contribution is 2.30. The topological polar surface area (TPSA) is 59.1 Å². The number of carbonyl (C=O) groups excluding carboxylic acids is 2. The van der Waals surface area contributed by atoms with Gasteiger partial charge in [-0.2, -0.15) is 0 Å². The maximum atomic E-state index is 13.6. The van der Waals surface area contributed by atoms with Crippen molar-refractivity contribution in [2.24, 2.45) is 0 Å². The number of benzene rings is 3. The summed E-state index contributed by atoms with van der Waals surface area (Å²) in [5.41, 5.74) is 3.10. The number of ether oxygens (including phenoxy) is 2. The second-order valence-corrected chi connectivity index (χ2v) is 9.12. The van der Waals surface area contributed by atoms with E-state index in [1.165, 1.54) is 4.90 Å². The Labute approximate surface area is 217 Å². The number of fused-ring (bicyclic) bond motifs is 1. The van der Waals surface area contributed by atoms with Gasteiger partial charge in [-0.1, -0.05) is 67.1 Å². The molecular weight excluding hydrogens is 476 g/mol. The largest absolute Gasteiger partial charge is 0.494 e. The summed E-state index contributed by atoms with van der Waals surface area (Å²) < 4.78 is 11.4. The maximum absolute atomic E-state index is 13.6. The molecule has 3 aromatic carbocycles. The number of hydrogen-bond acceptors (Lipinski definition) is 4. The molecule has 0 N–H and O–H groups in total. The Bertz CT molecular complexity index is 1180. The van der Waals surface area contributed by atoms with Crippen LogP contribution in [0.15, 0.2) is 72.8 Å². The fourth-order valence-corrected chi connectivity index (χ4v) is 4.40. The normalized spacial score (nSPS) is 13.3. The van der Waals surface area contributed by atoms with Crippen molar-refractivity contribution in [2.45, 2.75) is 32.9 Å². The van der Waals surface area contributed by atoms with Crippen LogP contribution in [0.25, 0.3) is 0 Å². The summed E-state index contributed by atoms with van der Waals surface area (Å²) in [5.74, 6) is 0.198. The lowest BCUT2D eigenvalue weighted by atomic mass is 10.1. The first-order chi connectivity index (χ1) is 17.6. The molecule has 0 radical (unpaired) electrons. The van der Waals surface area contributed by atoms with Crippen LogP contribution < -0.4 is 9.64 Å². The van der Waals surface area contributed by atoms with Crippen molar-refractivity contribution in [3.63, 3.8) is 0 Å². The van der Waals surface area contributed by atoms with Crippen LogP contribution in [0.1, 0.15) is 41.3 Å². The predicted molar refractivity (Wildman–Crippen MR) is 141 cm³/mol. The number of para-hydroxylation sites is 1. The highest BCUT2D eigenvalue weighted by molar-refractivity contribution is 6.34. The minimum atomic E-state index is -0.309. The summed E-state index contributed by atoms with van der Waals surface area (Å²) in [6, 6.07) is 22.7. The van der Waals surface area contributed by atoms with Gasteiger partial charge in [0.15, 0.2) is 0 Å².